The number of allylic oxidation sites excluding steroid dienone is 1. The summed E-state index contributed by atoms with van der Waals surface area (Å²) in [5.74, 6) is 2.17. The maximum atomic E-state index is 12.9. The van der Waals surface area contributed by atoms with Gasteiger partial charge in [-0.3, -0.25) is 0 Å². The molecule has 5 rings (SSSR count). The van der Waals surface area contributed by atoms with Crippen molar-refractivity contribution in [2.45, 2.75) is 31.4 Å². The Balaban J connectivity index is 1.35. The number of rotatable bonds is 3. The van der Waals surface area contributed by atoms with Crippen LogP contribution in [0, 0.1) is 5.92 Å². The Hall–Kier alpha value is -2.95. The fraction of sp³-hybridized carbons (Fsp3) is 0.348. The van der Waals surface area contributed by atoms with Crippen molar-refractivity contribution in [2.75, 3.05) is 13.3 Å². The van der Waals surface area contributed by atoms with E-state index >= 15 is 0 Å². The zero-order valence-electron chi connectivity index (χ0n) is 15.6. The fourth-order valence-electron chi connectivity index (χ4n) is 4.58. The highest BCUT2D eigenvalue weighted by atomic mass is 16.7. The SMILES string of the molecule is O=C(OCc1ccccc1)N1CC[C@@H]2CC=C[C@@H](c3ccc4c(c3)OCO4)[C@@H]21. The van der Waals surface area contributed by atoms with Crippen LogP contribution in [0.1, 0.15) is 29.9 Å². The van der Waals surface area contributed by atoms with Crippen molar-refractivity contribution >= 4 is 6.09 Å². The van der Waals surface area contributed by atoms with Crippen LogP contribution in [0.5, 0.6) is 11.5 Å². The third-order valence-electron chi connectivity index (χ3n) is 5.96. The normalized spacial score (nSPS) is 24.9. The van der Waals surface area contributed by atoms with Gasteiger partial charge in [0.05, 0.1) is 0 Å². The van der Waals surface area contributed by atoms with Crippen molar-refractivity contribution in [2.24, 2.45) is 5.92 Å². The molecule has 2 aromatic carbocycles. The monoisotopic (exact) mass is 377 g/mol. The molecule has 0 N–H and O–H groups in total. The smallest absolute Gasteiger partial charge is 0.410 e. The zero-order valence-corrected chi connectivity index (χ0v) is 15.6. The highest BCUT2D eigenvalue weighted by Gasteiger charge is 2.43. The van der Waals surface area contributed by atoms with Crippen molar-refractivity contribution in [3.8, 4) is 11.5 Å². The lowest BCUT2D eigenvalue weighted by molar-refractivity contribution is 0.0849. The molecule has 5 nitrogen and oxygen atoms in total. The first-order valence-corrected chi connectivity index (χ1v) is 9.83. The Kier molecular flexibility index (Phi) is 4.43. The van der Waals surface area contributed by atoms with E-state index in [4.69, 9.17) is 14.2 Å². The van der Waals surface area contributed by atoms with Gasteiger partial charge in [-0.1, -0.05) is 48.6 Å². The summed E-state index contributed by atoms with van der Waals surface area (Å²) in [5, 5.41) is 0. The van der Waals surface area contributed by atoms with Crippen molar-refractivity contribution < 1.29 is 19.0 Å². The third kappa shape index (κ3) is 3.11. The van der Waals surface area contributed by atoms with Gasteiger partial charge in [-0.05, 0) is 42.0 Å². The molecule has 0 saturated carbocycles. The van der Waals surface area contributed by atoms with Gasteiger partial charge in [0.25, 0.3) is 0 Å². The van der Waals surface area contributed by atoms with Crippen LogP contribution in [-0.4, -0.2) is 30.4 Å². The molecule has 1 fully saturated rings. The highest BCUT2D eigenvalue weighted by Crippen LogP contribution is 2.44. The van der Waals surface area contributed by atoms with Crippen molar-refractivity contribution in [3.63, 3.8) is 0 Å². The van der Waals surface area contributed by atoms with Gasteiger partial charge in [0.2, 0.25) is 6.79 Å². The molecular formula is C23H23NO4. The van der Waals surface area contributed by atoms with Gasteiger partial charge in [-0.25, -0.2) is 4.79 Å². The third-order valence-corrected chi connectivity index (χ3v) is 5.96. The summed E-state index contributed by atoms with van der Waals surface area (Å²) in [6.45, 7) is 1.31. The molecule has 0 unspecified atom stereocenters. The average molecular weight is 377 g/mol. The Bertz CT molecular complexity index is 895. The molecule has 2 heterocycles. The summed E-state index contributed by atoms with van der Waals surface area (Å²) in [6, 6.07) is 16.0. The lowest BCUT2D eigenvalue weighted by Crippen LogP contribution is -2.42. The minimum absolute atomic E-state index is 0.119. The summed E-state index contributed by atoms with van der Waals surface area (Å²) >= 11 is 0. The van der Waals surface area contributed by atoms with Gasteiger partial charge in [0.1, 0.15) is 6.61 Å². The molecule has 0 spiro atoms. The lowest BCUT2D eigenvalue weighted by atomic mass is 9.78. The van der Waals surface area contributed by atoms with E-state index < -0.39 is 0 Å². The zero-order chi connectivity index (χ0) is 18.9. The highest BCUT2D eigenvalue weighted by molar-refractivity contribution is 5.69. The molecule has 2 aromatic rings. The number of amides is 1. The Morgan fingerprint density at radius 3 is 2.86 bits per heavy atom. The molecular weight excluding hydrogens is 354 g/mol. The second-order valence-corrected chi connectivity index (χ2v) is 7.58. The van der Waals surface area contributed by atoms with Gasteiger partial charge in [0.15, 0.2) is 11.5 Å². The van der Waals surface area contributed by atoms with Crippen LogP contribution in [0.2, 0.25) is 0 Å². The Morgan fingerprint density at radius 2 is 1.96 bits per heavy atom. The molecule has 2 aliphatic heterocycles. The van der Waals surface area contributed by atoms with E-state index in [2.05, 4.69) is 18.2 Å². The standard InChI is InChI=1S/C23H23NO4/c25-23(26-14-16-5-2-1-3-6-16)24-12-11-17-7-4-8-19(22(17)24)18-9-10-20-21(13-18)28-15-27-20/h1-6,8-10,13,17,19,22H,7,11-12,14-15H2/t17-,19-,22+/m0/s1. The maximum Gasteiger partial charge on any atom is 0.410 e. The molecule has 3 atom stereocenters. The Labute approximate surface area is 164 Å². The topological polar surface area (TPSA) is 48.0 Å². The van der Waals surface area contributed by atoms with Gasteiger partial charge >= 0.3 is 6.09 Å². The van der Waals surface area contributed by atoms with Crippen molar-refractivity contribution in [3.05, 3.63) is 71.8 Å². The fourth-order valence-corrected chi connectivity index (χ4v) is 4.58. The first-order valence-electron chi connectivity index (χ1n) is 9.83. The number of ether oxygens (including phenoxy) is 3. The Morgan fingerprint density at radius 1 is 1.11 bits per heavy atom. The molecule has 0 aromatic heterocycles. The summed E-state index contributed by atoms with van der Waals surface area (Å²) in [6.07, 6.45) is 6.26. The first-order chi connectivity index (χ1) is 13.8. The van der Waals surface area contributed by atoms with Crippen LogP contribution >= 0.6 is 0 Å². The number of carbonyl (C=O) groups excluding carboxylic acids is 1. The molecule has 1 saturated heterocycles. The number of hydrogen-bond acceptors (Lipinski definition) is 4. The van der Waals surface area contributed by atoms with Crippen LogP contribution < -0.4 is 9.47 Å². The summed E-state index contributed by atoms with van der Waals surface area (Å²) in [5.41, 5.74) is 2.15. The number of benzene rings is 2. The number of likely N-dealkylation sites (tertiary alicyclic amines) is 1. The van der Waals surface area contributed by atoms with E-state index in [-0.39, 0.29) is 24.8 Å². The van der Waals surface area contributed by atoms with Crippen molar-refractivity contribution in [1.29, 1.82) is 0 Å². The number of nitrogens with zero attached hydrogens (tertiary/aromatic N) is 1. The second-order valence-electron chi connectivity index (χ2n) is 7.58. The van der Waals surface area contributed by atoms with Crippen LogP contribution in [0.15, 0.2) is 60.7 Å². The van der Waals surface area contributed by atoms with E-state index in [1.54, 1.807) is 0 Å². The molecule has 5 heteroatoms. The van der Waals surface area contributed by atoms with E-state index in [9.17, 15) is 4.79 Å². The van der Waals surface area contributed by atoms with Crippen LogP contribution in [-0.2, 0) is 11.3 Å². The molecule has 1 aliphatic carbocycles. The van der Waals surface area contributed by atoms with E-state index in [1.807, 2.05) is 47.4 Å². The molecule has 1 amide bonds. The summed E-state index contributed by atoms with van der Waals surface area (Å²) in [7, 11) is 0. The van der Waals surface area contributed by atoms with Crippen LogP contribution in [0.25, 0.3) is 0 Å². The van der Waals surface area contributed by atoms with E-state index in [1.165, 1.54) is 0 Å². The largest absolute Gasteiger partial charge is 0.454 e. The number of fused-ring (bicyclic) bond motifs is 2. The molecule has 0 bridgehead atoms. The first kappa shape index (κ1) is 17.2. The quantitative estimate of drug-likeness (QED) is 0.740. The molecule has 3 aliphatic rings. The predicted octanol–water partition coefficient (Wildman–Crippen LogP) is 4.49. The maximum absolute atomic E-state index is 12.9. The lowest BCUT2D eigenvalue weighted by Gasteiger charge is -2.35. The second kappa shape index (κ2) is 7.23. The number of carbonyl (C=O) groups is 1. The van der Waals surface area contributed by atoms with Crippen LogP contribution in [0.4, 0.5) is 4.79 Å². The predicted molar refractivity (Wildman–Crippen MR) is 104 cm³/mol. The average Bonchev–Trinajstić information content (AvgIpc) is 3.39. The summed E-state index contributed by atoms with van der Waals surface area (Å²) < 4.78 is 16.6. The molecule has 144 valence electrons. The van der Waals surface area contributed by atoms with Crippen LogP contribution in [0.3, 0.4) is 0 Å². The van der Waals surface area contributed by atoms with Gasteiger partial charge in [-0.2, -0.15) is 0 Å². The van der Waals surface area contributed by atoms with Gasteiger partial charge in [0, 0.05) is 18.5 Å². The van der Waals surface area contributed by atoms with Gasteiger partial charge < -0.3 is 19.1 Å². The minimum Gasteiger partial charge on any atom is -0.454 e. The van der Waals surface area contributed by atoms with E-state index in [0.29, 0.717) is 12.5 Å². The van der Waals surface area contributed by atoms with E-state index in [0.717, 1.165) is 42.0 Å². The minimum atomic E-state index is -0.225. The number of hydrogen-bond donors (Lipinski definition) is 0. The van der Waals surface area contributed by atoms with Crippen molar-refractivity contribution in [1.82, 2.24) is 4.90 Å². The molecule has 28 heavy (non-hydrogen) atoms. The summed E-state index contributed by atoms with van der Waals surface area (Å²) in [4.78, 5) is 14.8. The molecule has 0 radical (unpaired) electrons. The van der Waals surface area contributed by atoms with Gasteiger partial charge in [-0.15, -0.1) is 0 Å².